The molecule has 4 heteroatoms. The number of carboxylic acids is 1. The number of hydrogen-bond donors (Lipinski definition) is 2. The van der Waals surface area contributed by atoms with E-state index in [9.17, 15) is 14.7 Å². The first-order valence-corrected chi connectivity index (χ1v) is 10.7. The smallest absolute Gasteiger partial charge is 0.303 e. The maximum absolute atomic E-state index is 12.2. The quantitative estimate of drug-likeness (QED) is 0.447. The van der Waals surface area contributed by atoms with Crippen molar-refractivity contribution in [2.75, 3.05) is 0 Å². The lowest BCUT2D eigenvalue weighted by atomic mass is 9.77. The van der Waals surface area contributed by atoms with Crippen molar-refractivity contribution in [3.63, 3.8) is 0 Å². The van der Waals surface area contributed by atoms with Gasteiger partial charge in [0.1, 0.15) is 5.78 Å². The highest BCUT2D eigenvalue weighted by Crippen LogP contribution is 2.50. The van der Waals surface area contributed by atoms with Crippen molar-refractivity contribution in [2.45, 2.75) is 83.2 Å². The van der Waals surface area contributed by atoms with Crippen LogP contribution >= 0.6 is 0 Å². The van der Waals surface area contributed by atoms with Crippen LogP contribution in [-0.4, -0.2) is 28.1 Å². The van der Waals surface area contributed by atoms with Gasteiger partial charge < -0.3 is 10.2 Å². The first-order chi connectivity index (χ1) is 12.5. The third-order valence-electron chi connectivity index (χ3n) is 7.13. The molecule has 0 heterocycles. The number of Topliss-reactive ketones (excluding diaryl/α,β-unsaturated/α-hetero) is 1. The van der Waals surface area contributed by atoms with E-state index in [0.29, 0.717) is 18.1 Å². The summed E-state index contributed by atoms with van der Waals surface area (Å²) in [5.74, 6) is 2.20. The van der Waals surface area contributed by atoms with Crippen molar-refractivity contribution in [3.05, 3.63) is 12.2 Å². The van der Waals surface area contributed by atoms with Gasteiger partial charge in [0.2, 0.25) is 0 Å². The van der Waals surface area contributed by atoms with E-state index in [1.54, 1.807) is 0 Å². The predicted octanol–water partition coefficient (Wildman–Crippen LogP) is 4.36. The maximum Gasteiger partial charge on any atom is 0.303 e. The van der Waals surface area contributed by atoms with Gasteiger partial charge in [-0.1, -0.05) is 31.4 Å². The van der Waals surface area contributed by atoms with Crippen molar-refractivity contribution in [1.82, 2.24) is 0 Å². The van der Waals surface area contributed by atoms with Crippen molar-refractivity contribution < 1.29 is 19.8 Å². The van der Waals surface area contributed by atoms with Crippen molar-refractivity contribution in [3.8, 4) is 0 Å². The zero-order valence-corrected chi connectivity index (χ0v) is 15.8. The molecule has 3 aliphatic carbocycles. The number of unbranched alkanes of at least 4 members (excludes halogenated alkanes) is 3. The number of aliphatic hydroxyl groups is 1. The van der Waals surface area contributed by atoms with Crippen LogP contribution in [-0.2, 0) is 9.59 Å². The van der Waals surface area contributed by atoms with Crippen LogP contribution in [0.1, 0.15) is 77.0 Å². The second-order valence-electron chi connectivity index (χ2n) is 8.83. The Bertz CT molecular complexity index is 514. The Morgan fingerprint density at radius 2 is 1.77 bits per heavy atom. The van der Waals surface area contributed by atoms with Crippen molar-refractivity contribution in [1.29, 1.82) is 0 Å². The van der Waals surface area contributed by atoms with E-state index in [2.05, 4.69) is 6.08 Å². The Kier molecular flexibility index (Phi) is 6.91. The second kappa shape index (κ2) is 9.16. The third kappa shape index (κ3) is 4.97. The Morgan fingerprint density at radius 1 is 1.08 bits per heavy atom. The molecule has 0 spiro atoms. The molecule has 3 saturated carbocycles. The summed E-state index contributed by atoms with van der Waals surface area (Å²) in [6.45, 7) is 0. The van der Waals surface area contributed by atoms with Crippen molar-refractivity contribution >= 4 is 11.8 Å². The molecule has 0 bridgehead atoms. The summed E-state index contributed by atoms with van der Waals surface area (Å²) in [6.07, 6.45) is 15.2. The largest absolute Gasteiger partial charge is 0.481 e. The molecular weight excluding hydrogens is 328 g/mol. The van der Waals surface area contributed by atoms with Gasteiger partial charge >= 0.3 is 5.97 Å². The zero-order chi connectivity index (χ0) is 18.5. The molecule has 0 aromatic carbocycles. The van der Waals surface area contributed by atoms with Crippen LogP contribution in [0.4, 0.5) is 0 Å². The normalized spacial score (nSPS) is 34.8. The van der Waals surface area contributed by atoms with Gasteiger partial charge in [0.05, 0.1) is 6.10 Å². The average Bonchev–Trinajstić information content (AvgIpc) is 3.08. The monoisotopic (exact) mass is 362 g/mol. The highest BCUT2D eigenvalue weighted by molar-refractivity contribution is 5.83. The summed E-state index contributed by atoms with van der Waals surface area (Å²) in [5, 5.41) is 19.2. The van der Waals surface area contributed by atoms with E-state index in [-0.39, 0.29) is 24.4 Å². The summed E-state index contributed by atoms with van der Waals surface area (Å²) in [4.78, 5) is 22.7. The van der Waals surface area contributed by atoms with Crippen LogP contribution in [0.3, 0.4) is 0 Å². The fourth-order valence-corrected chi connectivity index (χ4v) is 5.36. The molecule has 2 N–H and O–H groups in total. The van der Waals surface area contributed by atoms with Gasteiger partial charge in [0.15, 0.2) is 0 Å². The molecule has 0 saturated heterocycles. The number of ketones is 1. The summed E-state index contributed by atoms with van der Waals surface area (Å²) in [7, 11) is 0. The summed E-state index contributed by atoms with van der Waals surface area (Å²) in [5.41, 5.74) is 0. The zero-order valence-electron chi connectivity index (χ0n) is 15.8. The Labute approximate surface area is 157 Å². The van der Waals surface area contributed by atoms with E-state index < -0.39 is 5.97 Å². The minimum Gasteiger partial charge on any atom is -0.481 e. The lowest BCUT2D eigenvalue weighted by molar-refractivity contribution is -0.137. The number of aliphatic hydroxyl groups excluding tert-OH is 1. The Balaban J connectivity index is 1.39. The fraction of sp³-hybridized carbons (Fsp3) is 0.818. The molecule has 146 valence electrons. The minimum absolute atomic E-state index is 0.109. The van der Waals surface area contributed by atoms with Gasteiger partial charge in [-0.15, -0.1) is 0 Å². The molecular formula is C22H34O4. The topological polar surface area (TPSA) is 74.6 Å². The number of carbonyl (C=O) groups excluding carboxylic acids is 1. The molecule has 5 atom stereocenters. The van der Waals surface area contributed by atoms with E-state index >= 15 is 0 Å². The number of hydrogen-bond acceptors (Lipinski definition) is 3. The van der Waals surface area contributed by atoms with E-state index in [1.165, 1.54) is 25.7 Å². The van der Waals surface area contributed by atoms with Gasteiger partial charge in [-0.2, -0.15) is 0 Å². The van der Waals surface area contributed by atoms with Crippen LogP contribution < -0.4 is 0 Å². The lowest BCUT2D eigenvalue weighted by Crippen LogP contribution is -2.18. The van der Waals surface area contributed by atoms with E-state index in [0.717, 1.165) is 50.4 Å². The molecule has 3 aliphatic rings. The number of fused-ring (bicyclic) bond motifs is 1. The molecule has 0 amide bonds. The van der Waals surface area contributed by atoms with Gasteiger partial charge in [0.25, 0.3) is 0 Å². The molecule has 0 radical (unpaired) electrons. The fourth-order valence-electron chi connectivity index (χ4n) is 5.36. The average molecular weight is 363 g/mol. The number of aliphatic carboxylic acids is 1. The summed E-state index contributed by atoms with van der Waals surface area (Å²) < 4.78 is 0. The molecule has 0 aliphatic heterocycles. The van der Waals surface area contributed by atoms with Gasteiger partial charge in [-0.25, -0.2) is 0 Å². The molecule has 4 nitrogen and oxygen atoms in total. The summed E-state index contributed by atoms with van der Waals surface area (Å²) in [6, 6.07) is 0. The second-order valence-corrected chi connectivity index (χ2v) is 8.83. The van der Waals surface area contributed by atoms with Crippen molar-refractivity contribution in [2.24, 2.45) is 29.6 Å². The standard InChI is InChI=1S/C22H34O4/c23-20(18-13-16-7-8-17(16)14-18)11-9-15-10-12-21(24)19(15)5-3-1-2-4-6-22(25)26/h9,11,15-20,23H,1-8,10,12-14H2,(H,25,26)/b11-9+/t15-,16?,17?,18?,19+,20+/m0/s1. The highest BCUT2D eigenvalue weighted by Gasteiger charge is 2.42. The molecule has 2 unspecified atom stereocenters. The first kappa shape index (κ1) is 19.6. The van der Waals surface area contributed by atoms with Crippen LogP contribution in [0.2, 0.25) is 0 Å². The van der Waals surface area contributed by atoms with Crippen LogP contribution in [0.5, 0.6) is 0 Å². The third-order valence-corrected chi connectivity index (χ3v) is 7.13. The van der Waals surface area contributed by atoms with E-state index in [1.807, 2.05) is 6.08 Å². The van der Waals surface area contributed by atoms with Gasteiger partial charge in [-0.05, 0) is 68.6 Å². The molecule has 26 heavy (non-hydrogen) atoms. The van der Waals surface area contributed by atoms with Crippen LogP contribution in [0.25, 0.3) is 0 Å². The first-order valence-electron chi connectivity index (χ1n) is 10.7. The molecule has 0 aromatic rings. The van der Waals surface area contributed by atoms with E-state index in [4.69, 9.17) is 5.11 Å². The lowest BCUT2D eigenvalue weighted by Gasteiger charge is -2.29. The number of allylic oxidation sites excluding steroid dienone is 1. The highest BCUT2D eigenvalue weighted by atomic mass is 16.4. The number of rotatable bonds is 10. The van der Waals surface area contributed by atoms with Crippen LogP contribution in [0, 0.1) is 29.6 Å². The Morgan fingerprint density at radius 3 is 2.42 bits per heavy atom. The molecule has 0 aromatic heterocycles. The maximum atomic E-state index is 12.2. The predicted molar refractivity (Wildman–Crippen MR) is 101 cm³/mol. The van der Waals surface area contributed by atoms with Crippen LogP contribution in [0.15, 0.2) is 12.2 Å². The van der Waals surface area contributed by atoms with Gasteiger partial charge in [-0.3, -0.25) is 9.59 Å². The summed E-state index contributed by atoms with van der Waals surface area (Å²) >= 11 is 0. The van der Waals surface area contributed by atoms with Gasteiger partial charge in [0, 0.05) is 18.8 Å². The number of carboxylic acid groups (broad SMARTS) is 1. The SMILES string of the molecule is O=C(O)CCCCCC[C@H]1C(=O)CC[C@@H]1/C=C/[C@@H](O)C1CC2CCC2C1. The Hall–Kier alpha value is -1.16. The number of carbonyl (C=O) groups is 2. The molecule has 3 rings (SSSR count). The molecule has 3 fully saturated rings. The minimum atomic E-state index is -0.727.